The molecule has 1 aromatic heterocycles. The Morgan fingerprint density at radius 2 is 1.83 bits per heavy atom. The Labute approximate surface area is 240 Å². The number of aromatic nitrogens is 2. The number of nitrogens with one attached hydrogen (secondary N) is 1. The largest absolute Gasteiger partial charge is 0.493 e. The highest BCUT2D eigenvalue weighted by atomic mass is 32.2. The zero-order valence-corrected chi connectivity index (χ0v) is 24.2. The third-order valence-corrected chi connectivity index (χ3v) is 9.06. The quantitative estimate of drug-likeness (QED) is 0.271. The number of fused-ring (bicyclic) bond motifs is 1. The number of hydrogen-bond acceptors (Lipinski definition) is 6. The third kappa shape index (κ3) is 6.27. The molecule has 1 fully saturated rings. The lowest BCUT2D eigenvalue weighted by Gasteiger charge is -2.26. The van der Waals surface area contributed by atoms with E-state index < -0.39 is 10.0 Å². The summed E-state index contributed by atoms with van der Waals surface area (Å²) in [5, 5.41) is 0.471. The number of allylic oxidation sites excluding steroid dienone is 2. The molecule has 214 valence electrons. The number of ether oxygens (including phenoxy) is 2. The minimum atomic E-state index is -3.77. The number of para-hydroxylation sites is 1. The highest BCUT2D eigenvalue weighted by Gasteiger charge is 2.28. The van der Waals surface area contributed by atoms with Gasteiger partial charge in [0.25, 0.3) is 5.56 Å². The van der Waals surface area contributed by atoms with Gasteiger partial charge in [0, 0.05) is 18.7 Å². The molecule has 0 amide bonds. The highest BCUT2D eigenvalue weighted by Crippen LogP contribution is 2.33. The van der Waals surface area contributed by atoms with Crippen LogP contribution in [0.15, 0.2) is 82.5 Å². The lowest BCUT2D eigenvalue weighted by molar-refractivity contribution is 0.0730. The molecule has 0 unspecified atom stereocenters. The van der Waals surface area contributed by atoms with E-state index >= 15 is 0 Å². The van der Waals surface area contributed by atoms with Crippen molar-refractivity contribution in [1.29, 1.82) is 0 Å². The van der Waals surface area contributed by atoms with Crippen molar-refractivity contribution >= 4 is 26.5 Å². The normalized spacial score (nSPS) is 14.8. The fourth-order valence-corrected chi connectivity index (χ4v) is 6.41. The second-order valence-electron chi connectivity index (χ2n) is 9.91. The summed E-state index contributed by atoms with van der Waals surface area (Å²) in [5.41, 5.74) is 3.84. The number of H-pyrrole nitrogens is 1. The maximum atomic E-state index is 13.5. The Kier molecular flexibility index (Phi) is 8.97. The molecule has 1 saturated heterocycles. The van der Waals surface area contributed by atoms with Crippen LogP contribution in [0.2, 0.25) is 0 Å². The molecule has 41 heavy (non-hydrogen) atoms. The van der Waals surface area contributed by atoms with E-state index in [1.807, 2.05) is 37.3 Å². The van der Waals surface area contributed by atoms with Crippen LogP contribution < -0.4 is 10.3 Å². The molecule has 1 N–H and O–H groups in total. The molecule has 0 radical (unpaired) electrons. The summed E-state index contributed by atoms with van der Waals surface area (Å²) in [4.78, 5) is 21.3. The molecule has 0 spiro atoms. The minimum Gasteiger partial charge on any atom is -0.493 e. The SMILES string of the molecule is CCCOc1ccc(S(=O)(=O)N2CCOCC2)cc1-c1nc2c(C(=CCc3ccccc3)CC)cccc2c(=O)[nH]1. The van der Waals surface area contributed by atoms with E-state index in [0.29, 0.717) is 42.0 Å². The number of sulfonamides is 1. The van der Waals surface area contributed by atoms with Crippen LogP contribution in [0.5, 0.6) is 5.75 Å². The Hall–Kier alpha value is -3.79. The van der Waals surface area contributed by atoms with Gasteiger partial charge in [-0.1, -0.05) is 62.4 Å². The molecule has 1 aliphatic rings. The number of rotatable bonds is 10. The first-order valence-electron chi connectivity index (χ1n) is 14.0. The van der Waals surface area contributed by atoms with Gasteiger partial charge in [-0.05, 0) is 54.7 Å². The molecule has 3 aromatic carbocycles. The number of morpholine rings is 1. The van der Waals surface area contributed by atoms with Crippen molar-refractivity contribution in [3.8, 4) is 17.1 Å². The van der Waals surface area contributed by atoms with Gasteiger partial charge in [0.2, 0.25) is 10.0 Å². The van der Waals surface area contributed by atoms with E-state index in [1.165, 1.54) is 9.87 Å². The second kappa shape index (κ2) is 12.8. The van der Waals surface area contributed by atoms with Gasteiger partial charge in [0.15, 0.2) is 0 Å². The summed E-state index contributed by atoms with van der Waals surface area (Å²) in [6.45, 7) is 5.79. The topological polar surface area (TPSA) is 102 Å². The van der Waals surface area contributed by atoms with Gasteiger partial charge in [-0.25, -0.2) is 13.4 Å². The van der Waals surface area contributed by atoms with Gasteiger partial charge in [-0.15, -0.1) is 0 Å². The maximum Gasteiger partial charge on any atom is 0.259 e. The van der Waals surface area contributed by atoms with E-state index in [9.17, 15) is 13.2 Å². The first-order valence-corrected chi connectivity index (χ1v) is 15.5. The van der Waals surface area contributed by atoms with E-state index in [1.54, 1.807) is 24.3 Å². The summed E-state index contributed by atoms with van der Waals surface area (Å²) in [6, 6.07) is 20.6. The zero-order valence-electron chi connectivity index (χ0n) is 23.4. The van der Waals surface area contributed by atoms with E-state index in [2.05, 4.69) is 30.1 Å². The molecule has 8 nitrogen and oxygen atoms in total. The molecule has 5 rings (SSSR count). The second-order valence-corrected chi connectivity index (χ2v) is 11.8. The molecule has 4 aromatic rings. The van der Waals surface area contributed by atoms with Crippen LogP contribution in [0.4, 0.5) is 0 Å². The lowest BCUT2D eigenvalue weighted by Crippen LogP contribution is -2.40. The van der Waals surface area contributed by atoms with Crippen LogP contribution in [0.25, 0.3) is 27.9 Å². The van der Waals surface area contributed by atoms with Gasteiger partial charge in [0.05, 0.1) is 41.2 Å². The van der Waals surface area contributed by atoms with Crippen molar-refractivity contribution in [2.45, 2.75) is 38.0 Å². The van der Waals surface area contributed by atoms with Crippen LogP contribution in [-0.4, -0.2) is 55.6 Å². The number of hydrogen-bond donors (Lipinski definition) is 1. The Morgan fingerprint density at radius 3 is 2.56 bits per heavy atom. The first kappa shape index (κ1) is 28.7. The Balaban J connectivity index is 1.63. The van der Waals surface area contributed by atoms with E-state index in [-0.39, 0.29) is 29.4 Å². The third-order valence-electron chi connectivity index (χ3n) is 7.17. The fraction of sp³-hybridized carbons (Fsp3) is 0.312. The summed E-state index contributed by atoms with van der Waals surface area (Å²) < 4.78 is 39.7. The van der Waals surface area contributed by atoms with Crippen LogP contribution >= 0.6 is 0 Å². The molecule has 0 bridgehead atoms. The van der Waals surface area contributed by atoms with Crippen LogP contribution in [0, 0.1) is 0 Å². The Bertz CT molecular complexity index is 1710. The molecule has 0 saturated carbocycles. The summed E-state index contributed by atoms with van der Waals surface area (Å²) in [6.07, 6.45) is 4.46. The van der Waals surface area contributed by atoms with Gasteiger partial charge < -0.3 is 14.5 Å². The fourth-order valence-electron chi connectivity index (χ4n) is 4.98. The van der Waals surface area contributed by atoms with Crippen molar-refractivity contribution in [2.24, 2.45) is 0 Å². The number of nitrogens with zero attached hydrogens (tertiary/aromatic N) is 2. The molecule has 1 aliphatic heterocycles. The average molecular weight is 574 g/mol. The molecular formula is C32H35N3O5S. The maximum absolute atomic E-state index is 13.5. The lowest BCUT2D eigenvalue weighted by atomic mass is 9.98. The van der Waals surface area contributed by atoms with Crippen molar-refractivity contribution < 1.29 is 17.9 Å². The van der Waals surface area contributed by atoms with Crippen molar-refractivity contribution in [2.75, 3.05) is 32.9 Å². The molecule has 0 aliphatic carbocycles. The van der Waals surface area contributed by atoms with Crippen molar-refractivity contribution in [1.82, 2.24) is 14.3 Å². The molecule has 0 atom stereocenters. The average Bonchev–Trinajstić information content (AvgIpc) is 3.01. The molecule has 2 heterocycles. The highest BCUT2D eigenvalue weighted by molar-refractivity contribution is 7.89. The van der Waals surface area contributed by atoms with Crippen LogP contribution in [-0.2, 0) is 21.2 Å². The van der Waals surface area contributed by atoms with Crippen molar-refractivity contribution in [3.63, 3.8) is 0 Å². The molecule has 9 heteroatoms. The summed E-state index contributed by atoms with van der Waals surface area (Å²) in [7, 11) is -3.77. The van der Waals surface area contributed by atoms with Crippen LogP contribution in [0.1, 0.15) is 37.8 Å². The smallest absolute Gasteiger partial charge is 0.259 e. The Morgan fingerprint density at radius 1 is 1.05 bits per heavy atom. The van der Waals surface area contributed by atoms with Gasteiger partial charge in [-0.3, -0.25) is 4.79 Å². The minimum absolute atomic E-state index is 0.117. The van der Waals surface area contributed by atoms with E-state index in [0.717, 1.165) is 30.4 Å². The monoisotopic (exact) mass is 573 g/mol. The predicted octanol–water partition coefficient (Wildman–Crippen LogP) is 5.44. The summed E-state index contributed by atoms with van der Waals surface area (Å²) >= 11 is 0. The number of benzene rings is 3. The predicted molar refractivity (Wildman–Crippen MR) is 162 cm³/mol. The van der Waals surface area contributed by atoms with Crippen LogP contribution in [0.3, 0.4) is 0 Å². The van der Waals surface area contributed by atoms with Gasteiger partial charge in [0.1, 0.15) is 11.6 Å². The van der Waals surface area contributed by atoms with Gasteiger partial charge in [-0.2, -0.15) is 4.31 Å². The van der Waals surface area contributed by atoms with E-state index in [4.69, 9.17) is 14.5 Å². The van der Waals surface area contributed by atoms with Crippen molar-refractivity contribution in [3.05, 3.63) is 94.3 Å². The number of aromatic amines is 1. The summed E-state index contributed by atoms with van der Waals surface area (Å²) in [5.74, 6) is 0.724. The zero-order chi connectivity index (χ0) is 28.8. The van der Waals surface area contributed by atoms with Gasteiger partial charge >= 0.3 is 0 Å². The molecular weight excluding hydrogens is 538 g/mol. The first-order chi connectivity index (χ1) is 19.9. The standard InChI is InChI=1S/C32H35N3O5S/c1-3-19-40-29-16-15-25(41(37,38)35-17-20-39-21-18-35)22-28(29)31-33-30-26(11-8-12-27(30)32(36)34-31)24(4-2)14-13-23-9-6-5-7-10-23/h5-12,14-16,22H,3-4,13,17-21H2,1-2H3,(H,33,34,36).